The fourth-order valence-corrected chi connectivity index (χ4v) is 12.5. The Balaban J connectivity index is 3.97. The summed E-state index contributed by atoms with van der Waals surface area (Å²) in [5.74, 6) is -0.169. The average Bonchev–Trinajstić information content (AvgIpc) is 3.64. The third kappa shape index (κ3) is 71.6. The predicted molar refractivity (Wildman–Crippen MR) is 387 cm³/mol. The molecule has 0 aromatic carbocycles. The summed E-state index contributed by atoms with van der Waals surface area (Å²) in [7, 11) is 1.59. The highest BCUT2D eigenvalue weighted by Crippen LogP contribution is 2.43. The van der Waals surface area contributed by atoms with E-state index in [1.54, 1.807) is 6.08 Å². The van der Waals surface area contributed by atoms with E-state index in [1.165, 1.54) is 308 Å². The minimum atomic E-state index is -4.36. The number of aliphatic hydroxyl groups excluding tert-OH is 1. The quantitative estimate of drug-likeness (QED) is 0.0243. The summed E-state index contributed by atoms with van der Waals surface area (Å²) >= 11 is 0. The number of rotatable bonds is 72. The van der Waals surface area contributed by atoms with E-state index < -0.39 is 20.0 Å². The molecule has 0 fully saturated rings. The number of carbonyl (C=O) groups excluding carboxylic acids is 1. The highest BCUT2D eigenvalue weighted by atomic mass is 31.2. The van der Waals surface area contributed by atoms with Gasteiger partial charge in [-0.1, -0.05) is 383 Å². The van der Waals surface area contributed by atoms with Crippen molar-refractivity contribution in [2.45, 2.75) is 398 Å². The Bertz CT molecular complexity index is 1620. The number of likely N-dealkylation sites (N-methyl/N-ethyl adjacent to an activating group) is 1. The normalized spacial score (nSPS) is 13.9. The maximum atomic E-state index is 13.1. The van der Waals surface area contributed by atoms with Crippen molar-refractivity contribution in [3.05, 3.63) is 60.8 Å². The van der Waals surface area contributed by atoms with E-state index in [-0.39, 0.29) is 19.1 Å². The molecule has 0 bridgehead atoms. The van der Waals surface area contributed by atoms with Crippen molar-refractivity contribution in [1.29, 1.82) is 0 Å². The summed E-state index contributed by atoms with van der Waals surface area (Å²) in [5, 5.41) is 14.1. The van der Waals surface area contributed by atoms with Crippen LogP contribution in [0.25, 0.3) is 0 Å². The van der Waals surface area contributed by atoms with Crippen LogP contribution in [-0.4, -0.2) is 73.4 Å². The van der Waals surface area contributed by atoms with Gasteiger partial charge in [0.2, 0.25) is 5.91 Å². The molecule has 0 aliphatic heterocycles. The standard InChI is InChI=1S/C79H151N2O6P/c1-6-8-10-12-14-16-18-20-22-24-26-28-30-32-34-36-38-39-40-41-43-45-47-49-51-53-55-57-59-61-63-65-67-69-71-73-79(83)80-77(76-87-88(84,85)86-75-74-81(3,4)5)78(82)72-70-68-66-64-62-60-58-56-54-52-50-48-46-44-42-37-35-33-31-29-27-25-23-21-19-17-15-13-11-9-7-2/h8,10,14,16,20,22,26,28,70,72,77-78,82H,6-7,9,11-13,15,17-19,21,23-25,27,29-69,71,73-76H2,1-5H3,(H-,80,83,84,85)/p+1/b10-8-,16-14-,22-20-,28-26-,72-70+. The minimum Gasteiger partial charge on any atom is -0.387 e. The third-order valence-corrected chi connectivity index (χ3v) is 18.7. The van der Waals surface area contributed by atoms with Crippen LogP contribution < -0.4 is 5.32 Å². The number of phosphoric acid groups is 1. The maximum Gasteiger partial charge on any atom is 0.472 e. The zero-order valence-corrected chi connectivity index (χ0v) is 60.4. The van der Waals surface area contributed by atoms with E-state index >= 15 is 0 Å². The van der Waals surface area contributed by atoms with E-state index in [0.717, 1.165) is 57.8 Å². The number of nitrogens with one attached hydrogen (secondary N) is 1. The van der Waals surface area contributed by atoms with Crippen molar-refractivity contribution >= 4 is 13.7 Å². The molecule has 0 saturated carbocycles. The first kappa shape index (κ1) is 86.2. The largest absolute Gasteiger partial charge is 0.472 e. The van der Waals surface area contributed by atoms with Crippen molar-refractivity contribution in [2.24, 2.45) is 0 Å². The number of aliphatic hydroxyl groups is 1. The van der Waals surface area contributed by atoms with Crippen LogP contribution in [0.3, 0.4) is 0 Å². The Morgan fingerprint density at radius 1 is 0.398 bits per heavy atom. The minimum absolute atomic E-state index is 0.0628. The van der Waals surface area contributed by atoms with E-state index in [2.05, 4.69) is 67.8 Å². The molecule has 8 nitrogen and oxygen atoms in total. The molecule has 0 aromatic heterocycles. The molecule has 0 radical (unpaired) electrons. The summed E-state index contributed by atoms with van der Waals surface area (Å²) in [4.78, 5) is 23.5. The zero-order chi connectivity index (χ0) is 64.1. The van der Waals surface area contributed by atoms with Gasteiger partial charge in [-0.15, -0.1) is 0 Å². The van der Waals surface area contributed by atoms with Gasteiger partial charge < -0.3 is 19.8 Å². The Hall–Kier alpha value is -1.80. The van der Waals surface area contributed by atoms with Crippen molar-refractivity contribution in [2.75, 3.05) is 40.9 Å². The molecule has 0 aromatic rings. The lowest BCUT2D eigenvalue weighted by Crippen LogP contribution is -2.45. The molecule has 0 rings (SSSR count). The number of allylic oxidation sites excluding steroid dienone is 9. The molecule has 0 aliphatic carbocycles. The number of phosphoric ester groups is 1. The van der Waals surface area contributed by atoms with Crippen LogP contribution in [0.2, 0.25) is 0 Å². The first-order valence-corrected chi connectivity index (χ1v) is 40.2. The number of nitrogens with zero attached hydrogens (tertiary/aromatic N) is 1. The molecule has 3 unspecified atom stereocenters. The second-order valence-electron chi connectivity index (χ2n) is 27.7. The van der Waals surface area contributed by atoms with Crippen LogP contribution in [0.4, 0.5) is 0 Å². The first-order chi connectivity index (χ1) is 43.0. The van der Waals surface area contributed by atoms with Crippen LogP contribution in [0.5, 0.6) is 0 Å². The van der Waals surface area contributed by atoms with Crippen LogP contribution in [-0.2, 0) is 18.4 Å². The van der Waals surface area contributed by atoms with E-state index in [1.807, 2.05) is 27.2 Å². The summed E-state index contributed by atoms with van der Waals surface area (Å²) in [6, 6.07) is -0.848. The SMILES string of the molecule is CC/C=C\C/C=C\C/C=C\C/C=C\CCCCCCCCCCCCCCCCCCCCCCCCC(=O)NC(COP(=O)(O)OCC[N+](C)(C)C)C(O)/C=C/CCCCCCCCCCCCCCCCCCCCCCCCCCCCCCC. The second kappa shape index (κ2) is 69.5. The molecule has 3 atom stereocenters. The smallest absolute Gasteiger partial charge is 0.387 e. The third-order valence-electron chi connectivity index (χ3n) is 17.7. The van der Waals surface area contributed by atoms with Gasteiger partial charge in [-0.2, -0.15) is 0 Å². The van der Waals surface area contributed by atoms with Crippen LogP contribution >= 0.6 is 7.82 Å². The molecule has 518 valence electrons. The fourth-order valence-electron chi connectivity index (χ4n) is 11.8. The second-order valence-corrected chi connectivity index (χ2v) is 29.2. The molecule has 0 spiro atoms. The van der Waals surface area contributed by atoms with Crippen LogP contribution in [0, 0.1) is 0 Å². The van der Waals surface area contributed by atoms with E-state index in [9.17, 15) is 19.4 Å². The molecule has 3 N–H and O–H groups in total. The lowest BCUT2D eigenvalue weighted by Gasteiger charge is -2.25. The fraction of sp³-hybridized carbons (Fsp3) is 0.861. The molecule has 9 heteroatoms. The molecule has 0 heterocycles. The average molecular weight is 1260 g/mol. The number of unbranched alkanes of at least 4 members (excludes halogenated alkanes) is 51. The molecular weight excluding hydrogens is 1100 g/mol. The van der Waals surface area contributed by atoms with Gasteiger partial charge in [-0.25, -0.2) is 4.57 Å². The van der Waals surface area contributed by atoms with Gasteiger partial charge in [-0.05, 0) is 57.8 Å². The van der Waals surface area contributed by atoms with Crippen molar-refractivity contribution in [3.8, 4) is 0 Å². The van der Waals surface area contributed by atoms with Gasteiger partial charge in [0.05, 0.1) is 39.9 Å². The Labute approximate surface area is 549 Å². The van der Waals surface area contributed by atoms with Gasteiger partial charge in [0, 0.05) is 6.42 Å². The van der Waals surface area contributed by atoms with Gasteiger partial charge in [0.25, 0.3) is 0 Å². The van der Waals surface area contributed by atoms with Gasteiger partial charge in [0.15, 0.2) is 0 Å². The van der Waals surface area contributed by atoms with Crippen LogP contribution in [0.15, 0.2) is 60.8 Å². The van der Waals surface area contributed by atoms with Gasteiger partial charge in [0.1, 0.15) is 13.2 Å². The lowest BCUT2D eigenvalue weighted by molar-refractivity contribution is -0.870. The van der Waals surface area contributed by atoms with Crippen LogP contribution in [0.1, 0.15) is 386 Å². The van der Waals surface area contributed by atoms with E-state index in [0.29, 0.717) is 17.4 Å². The molecule has 1 amide bonds. The Morgan fingerprint density at radius 2 is 0.682 bits per heavy atom. The lowest BCUT2D eigenvalue weighted by atomic mass is 10.0. The zero-order valence-electron chi connectivity index (χ0n) is 59.5. The summed E-state index contributed by atoms with van der Waals surface area (Å²) in [6.07, 6.45) is 96.9. The van der Waals surface area contributed by atoms with Crippen molar-refractivity contribution < 1.29 is 32.9 Å². The monoisotopic (exact) mass is 1260 g/mol. The highest BCUT2D eigenvalue weighted by Gasteiger charge is 2.28. The number of hydrogen-bond acceptors (Lipinski definition) is 5. The number of quaternary nitrogens is 1. The molecular formula is C79H152N2O6P+. The van der Waals surface area contributed by atoms with Gasteiger partial charge in [-0.3, -0.25) is 13.8 Å². The molecule has 88 heavy (non-hydrogen) atoms. The topological polar surface area (TPSA) is 105 Å². The predicted octanol–water partition coefficient (Wildman–Crippen LogP) is 25.1. The summed E-state index contributed by atoms with van der Waals surface area (Å²) in [6.45, 7) is 4.76. The number of carbonyl (C=O) groups is 1. The molecule has 0 aliphatic rings. The van der Waals surface area contributed by atoms with Gasteiger partial charge >= 0.3 is 7.82 Å². The maximum absolute atomic E-state index is 13.1. The summed E-state index contributed by atoms with van der Waals surface area (Å²) in [5.41, 5.74) is 0. The number of amides is 1. The first-order valence-electron chi connectivity index (χ1n) is 38.7. The van der Waals surface area contributed by atoms with E-state index in [4.69, 9.17) is 9.05 Å². The number of hydrogen-bond donors (Lipinski definition) is 3. The van der Waals surface area contributed by atoms with Crippen molar-refractivity contribution in [1.82, 2.24) is 5.32 Å². The Morgan fingerprint density at radius 3 is 1.00 bits per heavy atom. The van der Waals surface area contributed by atoms with Crippen molar-refractivity contribution in [3.63, 3.8) is 0 Å². The highest BCUT2D eigenvalue weighted by molar-refractivity contribution is 7.47. The Kier molecular flexibility index (Phi) is 68.1. The molecule has 0 saturated heterocycles. The summed E-state index contributed by atoms with van der Waals surface area (Å²) < 4.78 is 23.9.